The Kier molecular flexibility index (Phi) is 4.65. The molecular weight excluding hydrogens is 293 g/mol. The Labute approximate surface area is 125 Å². The third-order valence-corrected chi connectivity index (χ3v) is 3.10. The summed E-state index contributed by atoms with van der Waals surface area (Å²) in [5, 5.41) is 8.88. The topological polar surface area (TPSA) is 37.3 Å². The third kappa shape index (κ3) is 3.97. The number of carboxylic acids is 1. The molecule has 2 nitrogen and oxygen atoms in total. The highest BCUT2D eigenvalue weighted by atomic mass is 19.4. The van der Waals surface area contributed by atoms with Crippen LogP contribution < -0.4 is 0 Å². The van der Waals surface area contributed by atoms with Gasteiger partial charge in [-0.15, -0.1) is 0 Å². The molecule has 22 heavy (non-hydrogen) atoms. The van der Waals surface area contributed by atoms with E-state index in [0.717, 1.165) is 11.6 Å². The molecule has 0 unspecified atom stereocenters. The Balaban J connectivity index is 2.46. The maximum absolute atomic E-state index is 13.0. The predicted octanol–water partition coefficient (Wildman–Crippen LogP) is 4.50. The first-order chi connectivity index (χ1) is 10.4. The van der Waals surface area contributed by atoms with Crippen molar-refractivity contribution in [2.24, 2.45) is 0 Å². The lowest BCUT2D eigenvalue weighted by atomic mass is 9.97. The molecule has 1 N–H and O–H groups in total. The summed E-state index contributed by atoms with van der Waals surface area (Å²) in [4.78, 5) is 10.9. The number of carbonyl (C=O) groups is 1. The minimum absolute atomic E-state index is 0.227. The van der Waals surface area contributed by atoms with Gasteiger partial charge in [-0.05, 0) is 22.8 Å². The molecule has 0 atom stereocenters. The number of aliphatic carboxylic acids is 1. The number of carboxylic acid groups (broad SMARTS) is 1. The van der Waals surface area contributed by atoms with Crippen LogP contribution in [0.5, 0.6) is 0 Å². The summed E-state index contributed by atoms with van der Waals surface area (Å²) in [6, 6.07) is 12.7. The van der Waals surface area contributed by atoms with Crippen molar-refractivity contribution < 1.29 is 23.1 Å². The molecule has 2 aromatic carbocycles. The fourth-order valence-electron chi connectivity index (χ4n) is 2.13. The first kappa shape index (κ1) is 15.8. The van der Waals surface area contributed by atoms with Gasteiger partial charge in [-0.2, -0.15) is 13.2 Å². The van der Waals surface area contributed by atoms with Crippen LogP contribution in [0, 0.1) is 0 Å². The van der Waals surface area contributed by atoms with Crippen molar-refractivity contribution in [1.82, 2.24) is 0 Å². The molecule has 0 heterocycles. The molecule has 0 aliphatic rings. The molecule has 0 saturated carbocycles. The van der Waals surface area contributed by atoms with Gasteiger partial charge in [0, 0.05) is 0 Å². The van der Waals surface area contributed by atoms with Crippen LogP contribution in [0.15, 0.2) is 48.5 Å². The SMILES string of the molecule is O=C(O)Cc1c(/C=C/c2ccccc2)cccc1C(F)(F)F. The second-order valence-corrected chi connectivity index (χ2v) is 4.69. The van der Waals surface area contributed by atoms with E-state index in [1.165, 1.54) is 18.2 Å². The molecule has 0 fully saturated rings. The minimum Gasteiger partial charge on any atom is -0.481 e. The van der Waals surface area contributed by atoms with Gasteiger partial charge in [0.2, 0.25) is 0 Å². The van der Waals surface area contributed by atoms with Crippen LogP contribution in [-0.4, -0.2) is 11.1 Å². The summed E-state index contributed by atoms with van der Waals surface area (Å²) in [7, 11) is 0. The highest BCUT2D eigenvalue weighted by Gasteiger charge is 2.34. The molecule has 0 aromatic heterocycles. The van der Waals surface area contributed by atoms with E-state index in [1.807, 2.05) is 18.2 Å². The average molecular weight is 306 g/mol. The summed E-state index contributed by atoms with van der Waals surface area (Å²) >= 11 is 0. The third-order valence-electron chi connectivity index (χ3n) is 3.10. The van der Waals surface area contributed by atoms with Crippen LogP contribution in [0.4, 0.5) is 13.2 Å². The molecular formula is C17H13F3O2. The van der Waals surface area contributed by atoms with Crippen LogP contribution >= 0.6 is 0 Å². The first-order valence-corrected chi connectivity index (χ1v) is 6.52. The van der Waals surface area contributed by atoms with E-state index in [2.05, 4.69) is 0 Å². The van der Waals surface area contributed by atoms with Gasteiger partial charge in [0.05, 0.1) is 12.0 Å². The minimum atomic E-state index is -4.58. The second-order valence-electron chi connectivity index (χ2n) is 4.69. The number of hydrogen-bond acceptors (Lipinski definition) is 1. The van der Waals surface area contributed by atoms with Gasteiger partial charge < -0.3 is 5.11 Å². The largest absolute Gasteiger partial charge is 0.481 e. The van der Waals surface area contributed by atoms with Gasteiger partial charge in [0.15, 0.2) is 0 Å². The Morgan fingerprint density at radius 3 is 2.27 bits per heavy atom. The lowest BCUT2D eigenvalue weighted by Gasteiger charge is -2.14. The van der Waals surface area contributed by atoms with Gasteiger partial charge in [0.1, 0.15) is 0 Å². The normalized spacial score (nSPS) is 11.8. The van der Waals surface area contributed by atoms with Gasteiger partial charge in [-0.3, -0.25) is 4.79 Å². The average Bonchev–Trinajstić information content (AvgIpc) is 2.45. The molecule has 2 rings (SSSR count). The molecule has 0 aliphatic heterocycles. The van der Waals surface area contributed by atoms with Gasteiger partial charge in [-0.25, -0.2) is 0 Å². The van der Waals surface area contributed by atoms with Crippen molar-refractivity contribution >= 4 is 18.1 Å². The molecule has 5 heteroatoms. The molecule has 0 saturated heterocycles. The summed E-state index contributed by atoms with van der Waals surface area (Å²) < 4.78 is 39.1. The van der Waals surface area contributed by atoms with E-state index >= 15 is 0 Å². The molecule has 114 valence electrons. The van der Waals surface area contributed by atoms with Crippen LogP contribution in [0.1, 0.15) is 22.3 Å². The van der Waals surface area contributed by atoms with E-state index in [4.69, 9.17) is 5.11 Å². The van der Waals surface area contributed by atoms with Crippen LogP contribution in [-0.2, 0) is 17.4 Å². The highest BCUT2D eigenvalue weighted by molar-refractivity contribution is 5.77. The van der Waals surface area contributed by atoms with Crippen molar-refractivity contribution in [3.05, 3.63) is 70.8 Å². The number of benzene rings is 2. The zero-order valence-electron chi connectivity index (χ0n) is 11.5. The van der Waals surface area contributed by atoms with Gasteiger partial charge in [-0.1, -0.05) is 54.6 Å². The molecule has 0 amide bonds. The highest BCUT2D eigenvalue weighted by Crippen LogP contribution is 2.34. The number of halogens is 3. The van der Waals surface area contributed by atoms with Crippen molar-refractivity contribution in [2.45, 2.75) is 12.6 Å². The van der Waals surface area contributed by atoms with Gasteiger partial charge in [0.25, 0.3) is 0 Å². The standard InChI is InChI=1S/C17H13F3O2/c18-17(19,20)15-8-4-7-13(14(15)11-16(21)22)10-9-12-5-2-1-3-6-12/h1-10H,11H2,(H,21,22)/b10-9+. The lowest BCUT2D eigenvalue weighted by Crippen LogP contribution is -2.13. The van der Waals surface area contributed by atoms with Crippen molar-refractivity contribution in [3.8, 4) is 0 Å². The molecule has 0 aliphatic carbocycles. The molecule has 0 radical (unpaired) electrons. The Morgan fingerprint density at radius 2 is 1.68 bits per heavy atom. The summed E-state index contributed by atoms with van der Waals surface area (Å²) in [5.74, 6) is -1.30. The van der Waals surface area contributed by atoms with E-state index in [0.29, 0.717) is 0 Å². The second kappa shape index (κ2) is 6.47. The summed E-state index contributed by atoms with van der Waals surface area (Å²) in [6.45, 7) is 0. The summed E-state index contributed by atoms with van der Waals surface area (Å²) in [5.41, 5.74) is -0.0675. The zero-order chi connectivity index (χ0) is 16.2. The van der Waals surface area contributed by atoms with E-state index in [-0.39, 0.29) is 11.1 Å². The first-order valence-electron chi connectivity index (χ1n) is 6.52. The Morgan fingerprint density at radius 1 is 1.00 bits per heavy atom. The fourth-order valence-corrected chi connectivity index (χ4v) is 2.13. The zero-order valence-corrected chi connectivity index (χ0v) is 11.5. The molecule has 0 spiro atoms. The lowest BCUT2D eigenvalue weighted by molar-refractivity contribution is -0.139. The maximum Gasteiger partial charge on any atom is 0.416 e. The predicted molar refractivity (Wildman–Crippen MR) is 78.2 cm³/mol. The Bertz CT molecular complexity index is 689. The van der Waals surface area contributed by atoms with Gasteiger partial charge >= 0.3 is 12.1 Å². The smallest absolute Gasteiger partial charge is 0.416 e. The quantitative estimate of drug-likeness (QED) is 0.844. The monoisotopic (exact) mass is 306 g/mol. The maximum atomic E-state index is 13.0. The fraction of sp³-hybridized carbons (Fsp3) is 0.118. The molecule has 2 aromatic rings. The van der Waals surface area contributed by atoms with Crippen LogP contribution in [0.3, 0.4) is 0 Å². The summed E-state index contributed by atoms with van der Waals surface area (Å²) in [6.07, 6.45) is -2.10. The molecule has 0 bridgehead atoms. The van der Waals surface area contributed by atoms with E-state index < -0.39 is 24.1 Å². The number of alkyl halides is 3. The Hall–Kier alpha value is -2.56. The van der Waals surface area contributed by atoms with E-state index in [1.54, 1.807) is 18.2 Å². The van der Waals surface area contributed by atoms with Crippen molar-refractivity contribution in [3.63, 3.8) is 0 Å². The number of rotatable bonds is 4. The van der Waals surface area contributed by atoms with Crippen LogP contribution in [0.2, 0.25) is 0 Å². The van der Waals surface area contributed by atoms with Crippen LogP contribution in [0.25, 0.3) is 12.2 Å². The van der Waals surface area contributed by atoms with E-state index in [9.17, 15) is 18.0 Å². The van der Waals surface area contributed by atoms with Crippen molar-refractivity contribution in [1.29, 1.82) is 0 Å². The number of hydrogen-bond donors (Lipinski definition) is 1. The van der Waals surface area contributed by atoms with Crippen molar-refractivity contribution in [2.75, 3.05) is 0 Å².